The number of hydrogen-bond donors (Lipinski definition) is 1. The maximum atomic E-state index is 10.9. The molecule has 0 aliphatic heterocycles. The molecule has 0 aliphatic rings. The topological polar surface area (TPSA) is 85.1 Å². The summed E-state index contributed by atoms with van der Waals surface area (Å²) in [5.74, 6) is 0.320. The normalized spacial score (nSPS) is 14.2. The van der Waals surface area contributed by atoms with Gasteiger partial charge in [-0.25, -0.2) is 13.4 Å². The molecule has 1 aromatic rings. The van der Waals surface area contributed by atoms with Crippen LogP contribution < -0.4 is 0 Å². The van der Waals surface area contributed by atoms with Crippen molar-refractivity contribution in [1.29, 1.82) is 0 Å². The van der Waals surface area contributed by atoms with Crippen LogP contribution in [0.3, 0.4) is 0 Å². The van der Waals surface area contributed by atoms with Crippen molar-refractivity contribution in [2.45, 2.75) is 12.5 Å². The lowest BCUT2D eigenvalue weighted by molar-refractivity contribution is 0.194. The van der Waals surface area contributed by atoms with Gasteiger partial charge >= 0.3 is 0 Å². The van der Waals surface area contributed by atoms with E-state index in [0.717, 1.165) is 6.26 Å². The van der Waals surface area contributed by atoms with Crippen LogP contribution in [0.2, 0.25) is 0 Å². The Morgan fingerprint density at radius 3 is 2.71 bits per heavy atom. The molecule has 1 N–H and O–H groups in total. The fourth-order valence-electron chi connectivity index (χ4n) is 1.12. The molecule has 6 nitrogen and oxygen atoms in total. The Morgan fingerprint density at radius 2 is 2.29 bits per heavy atom. The maximum absolute atomic E-state index is 10.9. The van der Waals surface area contributed by atoms with E-state index >= 15 is 0 Å². The summed E-state index contributed by atoms with van der Waals surface area (Å²) < 4.78 is 23.2. The van der Waals surface area contributed by atoms with Crippen LogP contribution in [-0.2, 0) is 23.3 Å². The van der Waals surface area contributed by atoms with E-state index in [9.17, 15) is 13.5 Å². The molecule has 14 heavy (non-hydrogen) atoms. The highest BCUT2D eigenvalue weighted by Gasteiger charge is 2.15. The highest BCUT2D eigenvalue weighted by molar-refractivity contribution is 7.90. The van der Waals surface area contributed by atoms with Gasteiger partial charge in [-0.05, 0) is 0 Å². The monoisotopic (exact) mass is 219 g/mol. The molecule has 0 saturated carbocycles. The standard InChI is InChI=1S/C7H13N3O3S/c1-10-7(8-5-9-10)3-6(11)4-14(2,12)13/h5-6,11H,3-4H2,1-2H3. The minimum atomic E-state index is -3.15. The number of rotatable bonds is 4. The van der Waals surface area contributed by atoms with E-state index in [1.54, 1.807) is 7.05 Å². The van der Waals surface area contributed by atoms with Crippen LogP contribution in [0.25, 0.3) is 0 Å². The van der Waals surface area contributed by atoms with Crippen LogP contribution in [0.15, 0.2) is 6.33 Å². The number of aryl methyl sites for hydroxylation is 1. The molecular weight excluding hydrogens is 206 g/mol. The van der Waals surface area contributed by atoms with Crippen molar-refractivity contribution in [3.63, 3.8) is 0 Å². The van der Waals surface area contributed by atoms with Crippen molar-refractivity contribution in [1.82, 2.24) is 14.8 Å². The van der Waals surface area contributed by atoms with E-state index in [-0.39, 0.29) is 12.2 Å². The molecule has 0 bridgehead atoms. The van der Waals surface area contributed by atoms with E-state index in [1.165, 1.54) is 11.0 Å². The molecule has 0 spiro atoms. The number of aromatic nitrogens is 3. The van der Waals surface area contributed by atoms with Gasteiger partial charge in [-0.3, -0.25) is 4.68 Å². The molecule has 0 aliphatic carbocycles. The van der Waals surface area contributed by atoms with Gasteiger partial charge in [0.2, 0.25) is 0 Å². The van der Waals surface area contributed by atoms with Crippen LogP contribution in [-0.4, -0.2) is 46.4 Å². The first-order valence-electron chi connectivity index (χ1n) is 4.07. The number of aliphatic hydroxyl groups is 1. The van der Waals surface area contributed by atoms with Crippen molar-refractivity contribution < 1.29 is 13.5 Å². The average molecular weight is 219 g/mol. The van der Waals surface area contributed by atoms with Crippen molar-refractivity contribution in [2.24, 2.45) is 7.05 Å². The Hall–Kier alpha value is -0.950. The zero-order valence-electron chi connectivity index (χ0n) is 8.08. The lowest BCUT2D eigenvalue weighted by Gasteiger charge is -2.07. The molecule has 0 aromatic carbocycles. The van der Waals surface area contributed by atoms with Gasteiger partial charge in [-0.1, -0.05) is 0 Å². The largest absolute Gasteiger partial charge is 0.392 e. The Morgan fingerprint density at radius 1 is 1.64 bits per heavy atom. The highest BCUT2D eigenvalue weighted by atomic mass is 32.2. The van der Waals surface area contributed by atoms with Crippen LogP contribution in [0.1, 0.15) is 5.82 Å². The van der Waals surface area contributed by atoms with Crippen LogP contribution in [0, 0.1) is 0 Å². The molecule has 80 valence electrons. The fraction of sp³-hybridized carbons (Fsp3) is 0.714. The average Bonchev–Trinajstić information content (AvgIpc) is 2.32. The van der Waals surface area contributed by atoms with Crippen molar-refractivity contribution >= 4 is 9.84 Å². The van der Waals surface area contributed by atoms with E-state index < -0.39 is 15.9 Å². The molecule has 0 amide bonds. The number of sulfone groups is 1. The second kappa shape index (κ2) is 4.05. The molecule has 0 radical (unpaired) electrons. The lowest BCUT2D eigenvalue weighted by atomic mass is 10.3. The SMILES string of the molecule is Cn1ncnc1CC(O)CS(C)(=O)=O. The van der Waals surface area contributed by atoms with Crippen LogP contribution in [0.4, 0.5) is 0 Å². The van der Waals surface area contributed by atoms with Crippen molar-refractivity contribution in [3.8, 4) is 0 Å². The van der Waals surface area contributed by atoms with Gasteiger partial charge < -0.3 is 5.11 Å². The second-order valence-corrected chi connectivity index (χ2v) is 5.44. The molecule has 1 aromatic heterocycles. The van der Waals surface area contributed by atoms with Crippen LogP contribution >= 0.6 is 0 Å². The molecule has 1 unspecified atom stereocenters. The molecule has 7 heteroatoms. The molecule has 0 saturated heterocycles. The zero-order valence-corrected chi connectivity index (χ0v) is 8.90. The van der Waals surface area contributed by atoms with E-state index in [1.807, 2.05) is 0 Å². The van der Waals surface area contributed by atoms with Gasteiger partial charge in [0.25, 0.3) is 0 Å². The predicted molar refractivity (Wildman–Crippen MR) is 50.4 cm³/mol. The zero-order chi connectivity index (χ0) is 10.8. The summed E-state index contributed by atoms with van der Waals surface area (Å²) in [7, 11) is -1.46. The summed E-state index contributed by atoms with van der Waals surface area (Å²) in [4.78, 5) is 3.88. The van der Waals surface area contributed by atoms with E-state index in [2.05, 4.69) is 10.1 Å². The lowest BCUT2D eigenvalue weighted by Crippen LogP contribution is -2.23. The van der Waals surface area contributed by atoms with Gasteiger partial charge in [-0.15, -0.1) is 0 Å². The first-order valence-corrected chi connectivity index (χ1v) is 6.13. The summed E-state index contributed by atoms with van der Waals surface area (Å²) in [6.45, 7) is 0. The quantitative estimate of drug-likeness (QED) is 0.685. The summed E-state index contributed by atoms with van der Waals surface area (Å²) in [5.41, 5.74) is 0. The van der Waals surface area contributed by atoms with Gasteiger partial charge in [0.1, 0.15) is 22.0 Å². The third-order valence-corrected chi connectivity index (χ3v) is 2.71. The van der Waals surface area contributed by atoms with Crippen LogP contribution in [0.5, 0.6) is 0 Å². The Bertz CT molecular complexity index is 398. The Kier molecular flexibility index (Phi) is 3.22. The van der Waals surface area contributed by atoms with Crippen molar-refractivity contribution in [2.75, 3.05) is 12.0 Å². The molecule has 1 heterocycles. The van der Waals surface area contributed by atoms with E-state index in [4.69, 9.17) is 0 Å². The Balaban J connectivity index is 2.58. The smallest absolute Gasteiger partial charge is 0.150 e. The molecular formula is C7H13N3O3S. The predicted octanol–water partition coefficient (Wildman–Crippen LogP) is -1.24. The fourth-order valence-corrected chi connectivity index (χ4v) is 1.94. The number of nitrogens with zero attached hydrogens (tertiary/aromatic N) is 3. The first kappa shape index (κ1) is 11.1. The summed E-state index contributed by atoms with van der Waals surface area (Å²) >= 11 is 0. The van der Waals surface area contributed by atoms with E-state index in [0.29, 0.717) is 5.82 Å². The first-order chi connectivity index (χ1) is 6.38. The third-order valence-electron chi connectivity index (χ3n) is 1.72. The third kappa shape index (κ3) is 3.43. The van der Waals surface area contributed by atoms with Gasteiger partial charge in [-0.2, -0.15) is 5.10 Å². The minimum absolute atomic E-state index is 0.198. The van der Waals surface area contributed by atoms with Gasteiger partial charge in [0.15, 0.2) is 0 Å². The summed E-state index contributed by atoms with van der Waals surface area (Å²) in [6.07, 6.45) is 1.73. The number of aliphatic hydroxyl groups excluding tert-OH is 1. The van der Waals surface area contributed by atoms with Crippen molar-refractivity contribution in [3.05, 3.63) is 12.2 Å². The summed E-state index contributed by atoms with van der Waals surface area (Å²) in [6, 6.07) is 0. The minimum Gasteiger partial charge on any atom is -0.392 e. The van der Waals surface area contributed by atoms with Gasteiger partial charge in [0, 0.05) is 19.7 Å². The summed E-state index contributed by atoms with van der Waals surface area (Å²) in [5, 5.41) is 13.2. The second-order valence-electron chi connectivity index (χ2n) is 3.25. The number of hydrogen-bond acceptors (Lipinski definition) is 5. The molecule has 0 fully saturated rings. The van der Waals surface area contributed by atoms with Gasteiger partial charge in [0.05, 0.1) is 11.9 Å². The molecule has 1 atom stereocenters. The maximum Gasteiger partial charge on any atom is 0.150 e. The molecule has 1 rings (SSSR count). The highest BCUT2D eigenvalue weighted by Crippen LogP contribution is 2.00. The Labute approximate surface area is 82.5 Å².